The van der Waals surface area contributed by atoms with Gasteiger partial charge in [-0.3, -0.25) is 0 Å². The van der Waals surface area contributed by atoms with E-state index in [9.17, 15) is 9.90 Å². The van der Waals surface area contributed by atoms with E-state index in [0.29, 0.717) is 13.0 Å². The maximum Gasteiger partial charge on any atom is 0.410 e. The first-order valence-corrected chi connectivity index (χ1v) is 8.75. The van der Waals surface area contributed by atoms with E-state index in [4.69, 9.17) is 10.5 Å². The first-order chi connectivity index (χ1) is 11.3. The third-order valence-electron chi connectivity index (χ3n) is 4.32. The monoisotopic (exact) mass is 334 g/mol. The van der Waals surface area contributed by atoms with Crippen LogP contribution in [0.4, 0.5) is 4.79 Å². The van der Waals surface area contributed by atoms with E-state index in [1.165, 1.54) is 0 Å². The molecule has 134 valence electrons. The highest BCUT2D eigenvalue weighted by molar-refractivity contribution is 5.68. The van der Waals surface area contributed by atoms with Crippen molar-refractivity contribution in [3.63, 3.8) is 0 Å². The molecule has 1 heterocycles. The Labute approximate surface area is 144 Å². The summed E-state index contributed by atoms with van der Waals surface area (Å²) in [6.45, 7) is 6.15. The molecule has 0 radical (unpaired) electrons. The van der Waals surface area contributed by atoms with Gasteiger partial charge in [-0.25, -0.2) is 4.79 Å². The van der Waals surface area contributed by atoms with Crippen molar-refractivity contribution >= 4 is 6.09 Å². The van der Waals surface area contributed by atoms with Crippen molar-refractivity contribution in [2.75, 3.05) is 6.54 Å². The standard InChI is InChI=1S/C19H30N2O3/c1-19(2,3)24-18(23)21-12-8-7-11-16(21)17(22)15(20)13-14-9-5-4-6-10-14/h4-6,9-10,15-17,22H,7-8,11-13,20H2,1-3H3. The quantitative estimate of drug-likeness (QED) is 0.888. The Hall–Kier alpha value is -1.59. The Morgan fingerprint density at radius 2 is 2.00 bits per heavy atom. The molecule has 5 nitrogen and oxygen atoms in total. The van der Waals surface area contributed by atoms with E-state index in [0.717, 1.165) is 24.8 Å². The molecular formula is C19H30N2O3. The molecule has 3 unspecified atom stereocenters. The van der Waals surface area contributed by atoms with Crippen LogP contribution in [0.25, 0.3) is 0 Å². The molecule has 24 heavy (non-hydrogen) atoms. The van der Waals surface area contributed by atoms with Gasteiger partial charge in [0, 0.05) is 12.6 Å². The van der Waals surface area contributed by atoms with Crippen LogP contribution in [0.15, 0.2) is 30.3 Å². The SMILES string of the molecule is CC(C)(C)OC(=O)N1CCCCC1C(O)C(N)Cc1ccccc1. The number of rotatable bonds is 4. The van der Waals surface area contributed by atoms with Gasteiger partial charge in [0.15, 0.2) is 0 Å². The number of hydrogen-bond acceptors (Lipinski definition) is 4. The number of ether oxygens (including phenoxy) is 1. The van der Waals surface area contributed by atoms with Gasteiger partial charge in [-0.2, -0.15) is 0 Å². The van der Waals surface area contributed by atoms with E-state index in [1.54, 1.807) is 4.90 Å². The largest absolute Gasteiger partial charge is 0.444 e. The van der Waals surface area contributed by atoms with Crippen molar-refractivity contribution in [1.82, 2.24) is 4.90 Å². The second-order valence-electron chi connectivity index (χ2n) is 7.58. The number of hydrogen-bond donors (Lipinski definition) is 2. The Bertz CT molecular complexity index is 527. The van der Waals surface area contributed by atoms with Gasteiger partial charge in [-0.05, 0) is 52.0 Å². The van der Waals surface area contributed by atoms with Crippen molar-refractivity contribution in [3.8, 4) is 0 Å². The summed E-state index contributed by atoms with van der Waals surface area (Å²) < 4.78 is 5.49. The van der Waals surface area contributed by atoms with Crippen LogP contribution in [0.2, 0.25) is 0 Å². The van der Waals surface area contributed by atoms with Crippen LogP contribution in [0.5, 0.6) is 0 Å². The average molecular weight is 334 g/mol. The number of nitrogens with two attached hydrogens (primary N) is 1. The van der Waals surface area contributed by atoms with Crippen molar-refractivity contribution in [2.45, 2.75) is 70.2 Å². The number of piperidine rings is 1. The van der Waals surface area contributed by atoms with Gasteiger partial charge in [0.05, 0.1) is 12.1 Å². The lowest BCUT2D eigenvalue weighted by atomic mass is 9.91. The molecule has 3 N–H and O–H groups in total. The highest BCUT2D eigenvalue weighted by atomic mass is 16.6. The zero-order valence-corrected chi connectivity index (χ0v) is 14.9. The van der Waals surface area contributed by atoms with Gasteiger partial charge in [0.1, 0.15) is 5.60 Å². The molecule has 5 heteroatoms. The molecule has 1 aromatic carbocycles. The van der Waals surface area contributed by atoms with Gasteiger partial charge in [0.2, 0.25) is 0 Å². The minimum absolute atomic E-state index is 0.285. The van der Waals surface area contributed by atoms with Crippen LogP contribution < -0.4 is 5.73 Å². The Morgan fingerprint density at radius 3 is 2.62 bits per heavy atom. The summed E-state index contributed by atoms with van der Waals surface area (Å²) in [6, 6.07) is 9.17. The summed E-state index contributed by atoms with van der Waals surface area (Å²) in [7, 11) is 0. The third kappa shape index (κ3) is 5.21. The van der Waals surface area contributed by atoms with Crippen molar-refractivity contribution in [1.29, 1.82) is 0 Å². The molecule has 2 rings (SSSR count). The van der Waals surface area contributed by atoms with Crippen molar-refractivity contribution < 1.29 is 14.6 Å². The summed E-state index contributed by atoms with van der Waals surface area (Å²) in [5, 5.41) is 10.7. The number of carbonyl (C=O) groups excluding carboxylic acids is 1. The van der Waals surface area contributed by atoms with Gasteiger partial charge in [-0.1, -0.05) is 30.3 Å². The minimum Gasteiger partial charge on any atom is -0.444 e. The average Bonchev–Trinajstić information content (AvgIpc) is 2.53. The number of aliphatic hydroxyl groups excluding tert-OH is 1. The van der Waals surface area contributed by atoms with Crippen LogP contribution in [0.1, 0.15) is 45.6 Å². The number of nitrogens with zero attached hydrogens (tertiary/aromatic N) is 1. The number of benzene rings is 1. The van der Waals surface area contributed by atoms with E-state index < -0.39 is 17.7 Å². The fourth-order valence-corrected chi connectivity index (χ4v) is 3.15. The van der Waals surface area contributed by atoms with E-state index in [1.807, 2.05) is 51.1 Å². The molecule has 1 amide bonds. The molecule has 0 aromatic heterocycles. The molecule has 0 bridgehead atoms. The zero-order valence-electron chi connectivity index (χ0n) is 14.9. The number of carbonyl (C=O) groups is 1. The molecule has 1 saturated heterocycles. The van der Waals surface area contributed by atoms with Crippen LogP contribution in [0.3, 0.4) is 0 Å². The Kier molecular flexibility index (Phi) is 6.24. The molecule has 3 atom stereocenters. The predicted octanol–water partition coefficient (Wildman–Crippen LogP) is 2.71. The highest BCUT2D eigenvalue weighted by Gasteiger charge is 2.36. The number of likely N-dealkylation sites (tertiary alicyclic amines) is 1. The summed E-state index contributed by atoms with van der Waals surface area (Å²) in [5.74, 6) is 0. The van der Waals surface area contributed by atoms with Crippen LogP contribution >= 0.6 is 0 Å². The number of aliphatic hydroxyl groups is 1. The maximum absolute atomic E-state index is 12.5. The molecule has 1 aliphatic rings. The van der Waals surface area contributed by atoms with Gasteiger partial charge >= 0.3 is 6.09 Å². The number of amides is 1. The lowest BCUT2D eigenvalue weighted by molar-refractivity contribution is -0.0216. The van der Waals surface area contributed by atoms with Crippen LogP contribution in [-0.2, 0) is 11.2 Å². The summed E-state index contributed by atoms with van der Waals surface area (Å²) in [6.07, 6.45) is 2.12. The Balaban J connectivity index is 2.04. The first-order valence-electron chi connectivity index (χ1n) is 8.75. The van der Waals surface area contributed by atoms with Gasteiger partial charge < -0.3 is 20.5 Å². The summed E-state index contributed by atoms with van der Waals surface area (Å²) in [5.41, 5.74) is 6.78. The lowest BCUT2D eigenvalue weighted by Gasteiger charge is -2.40. The maximum atomic E-state index is 12.5. The second kappa shape index (κ2) is 7.99. The predicted molar refractivity (Wildman–Crippen MR) is 94.7 cm³/mol. The minimum atomic E-state index is -0.766. The first kappa shape index (κ1) is 18.7. The Morgan fingerprint density at radius 1 is 1.33 bits per heavy atom. The van der Waals surface area contributed by atoms with Gasteiger partial charge in [-0.15, -0.1) is 0 Å². The van der Waals surface area contributed by atoms with E-state index >= 15 is 0 Å². The smallest absolute Gasteiger partial charge is 0.410 e. The molecule has 1 aromatic rings. The van der Waals surface area contributed by atoms with Crippen LogP contribution in [-0.4, -0.2) is 46.4 Å². The fraction of sp³-hybridized carbons (Fsp3) is 0.632. The van der Waals surface area contributed by atoms with Crippen molar-refractivity contribution in [3.05, 3.63) is 35.9 Å². The zero-order chi connectivity index (χ0) is 17.7. The second-order valence-corrected chi connectivity index (χ2v) is 7.58. The summed E-state index contributed by atoms with van der Waals surface area (Å²) >= 11 is 0. The topological polar surface area (TPSA) is 75.8 Å². The van der Waals surface area contributed by atoms with Gasteiger partial charge in [0.25, 0.3) is 0 Å². The lowest BCUT2D eigenvalue weighted by Crippen LogP contribution is -2.56. The molecular weight excluding hydrogens is 304 g/mol. The summed E-state index contributed by atoms with van der Waals surface area (Å²) in [4.78, 5) is 14.1. The molecule has 1 aliphatic heterocycles. The third-order valence-corrected chi connectivity index (χ3v) is 4.32. The van der Waals surface area contributed by atoms with Crippen LogP contribution in [0, 0.1) is 0 Å². The molecule has 1 fully saturated rings. The van der Waals surface area contributed by atoms with E-state index in [-0.39, 0.29) is 12.1 Å². The fourth-order valence-electron chi connectivity index (χ4n) is 3.15. The van der Waals surface area contributed by atoms with E-state index in [2.05, 4.69) is 0 Å². The highest BCUT2D eigenvalue weighted by Crippen LogP contribution is 2.24. The molecule has 0 spiro atoms. The molecule has 0 aliphatic carbocycles. The normalized spacial score (nSPS) is 21.2. The molecule has 0 saturated carbocycles. The van der Waals surface area contributed by atoms with Crippen molar-refractivity contribution in [2.24, 2.45) is 5.73 Å².